The van der Waals surface area contributed by atoms with Crippen molar-refractivity contribution in [3.05, 3.63) is 112 Å². The number of nitrogens with zero attached hydrogens (tertiary/aromatic N) is 1. The van der Waals surface area contributed by atoms with Gasteiger partial charge in [0, 0.05) is 23.3 Å². The zero-order valence-corrected chi connectivity index (χ0v) is 23.9. The summed E-state index contributed by atoms with van der Waals surface area (Å²) in [6.45, 7) is 12.0. The first-order chi connectivity index (χ1) is 18.2. The number of fused-ring (bicyclic) bond motifs is 3. The first-order valence-electron chi connectivity index (χ1n) is 13.5. The van der Waals surface area contributed by atoms with E-state index in [1.807, 2.05) is 53.7 Å². The van der Waals surface area contributed by atoms with Crippen molar-refractivity contribution in [3.8, 4) is 0 Å². The molecule has 3 aromatic carbocycles. The zero-order chi connectivity index (χ0) is 27.2. The molecule has 4 heteroatoms. The third kappa shape index (κ3) is 7.93. The lowest BCUT2D eigenvalue weighted by Crippen LogP contribution is -2.13. The summed E-state index contributed by atoms with van der Waals surface area (Å²) >= 11 is 1.73. The molecule has 0 aliphatic heterocycles. The number of pyridine rings is 1. The minimum atomic E-state index is -0.743. The molecule has 0 spiro atoms. The maximum atomic E-state index is 11.1. The Bertz CT molecular complexity index is 1270. The summed E-state index contributed by atoms with van der Waals surface area (Å²) in [5.41, 5.74) is 8.62. The first-order valence-corrected chi connectivity index (χ1v) is 14.6. The van der Waals surface area contributed by atoms with E-state index in [4.69, 9.17) is 10.1 Å². The number of rotatable bonds is 6. The fourth-order valence-corrected chi connectivity index (χ4v) is 5.68. The second-order valence-electron chi connectivity index (χ2n) is 7.98. The van der Waals surface area contributed by atoms with E-state index >= 15 is 0 Å². The van der Waals surface area contributed by atoms with Crippen LogP contribution in [-0.4, -0.2) is 21.8 Å². The van der Waals surface area contributed by atoms with Gasteiger partial charge in [-0.15, -0.1) is 11.8 Å². The number of carboxylic acid groups (broad SMARTS) is 1. The third-order valence-corrected chi connectivity index (χ3v) is 7.13. The molecule has 0 radical (unpaired) electrons. The van der Waals surface area contributed by atoms with Crippen LogP contribution < -0.4 is 0 Å². The van der Waals surface area contributed by atoms with Gasteiger partial charge in [0.25, 0.3) is 0 Å². The van der Waals surface area contributed by atoms with Crippen molar-refractivity contribution >= 4 is 28.6 Å². The number of hydrogen-bond donors (Lipinski definition) is 1. The summed E-state index contributed by atoms with van der Waals surface area (Å²) in [6, 6.07) is 27.7. The maximum absolute atomic E-state index is 11.1. The molecule has 37 heavy (non-hydrogen) atoms. The molecule has 1 aliphatic carbocycles. The standard InChI is InChI=1S/C27H23NO2S.3C2H6/c29-26(30)13-14-31-27-23-7-3-1-6-20(23)17-21-10-9-18(16-24(21)27)15-22-12-11-19-5-2-4-8-25(19)28-22;3*1-2/h1-12,16,27H,13-15,17H2,(H,29,30);3*1-2H3/t27-;;;/m0.../s1. The van der Waals surface area contributed by atoms with Crippen LogP contribution in [0, 0.1) is 0 Å². The Kier molecular flexibility index (Phi) is 12.9. The molecule has 0 fully saturated rings. The highest BCUT2D eigenvalue weighted by atomic mass is 32.2. The molecular weight excluding hydrogens is 474 g/mol. The summed E-state index contributed by atoms with van der Waals surface area (Å²) in [4.78, 5) is 15.9. The molecule has 1 atom stereocenters. The van der Waals surface area contributed by atoms with Gasteiger partial charge in [-0.3, -0.25) is 9.78 Å². The van der Waals surface area contributed by atoms with Crippen LogP contribution in [-0.2, 0) is 17.6 Å². The minimum absolute atomic E-state index is 0.170. The fraction of sp³-hybridized carbons (Fsp3) is 0.333. The van der Waals surface area contributed by atoms with Crippen LogP contribution >= 0.6 is 11.8 Å². The number of carbonyl (C=O) groups is 1. The Morgan fingerprint density at radius 1 is 0.838 bits per heavy atom. The van der Waals surface area contributed by atoms with Crippen molar-refractivity contribution in [2.75, 3.05) is 5.75 Å². The van der Waals surface area contributed by atoms with Crippen LogP contribution in [0.3, 0.4) is 0 Å². The Morgan fingerprint density at radius 3 is 2.27 bits per heavy atom. The molecule has 0 unspecified atom stereocenters. The van der Waals surface area contributed by atoms with E-state index in [9.17, 15) is 4.79 Å². The molecule has 1 aromatic heterocycles. The van der Waals surface area contributed by atoms with E-state index < -0.39 is 5.97 Å². The van der Waals surface area contributed by atoms with E-state index in [1.165, 1.54) is 27.8 Å². The highest BCUT2D eigenvalue weighted by molar-refractivity contribution is 7.99. The molecule has 0 saturated carbocycles. The smallest absolute Gasteiger partial charge is 0.304 e. The van der Waals surface area contributed by atoms with Crippen LogP contribution in [0.15, 0.2) is 78.9 Å². The van der Waals surface area contributed by atoms with E-state index in [0.717, 1.165) is 29.4 Å². The predicted octanol–water partition coefficient (Wildman–Crippen LogP) is 9.11. The lowest BCUT2D eigenvalue weighted by atomic mass is 9.84. The number of hydrogen-bond acceptors (Lipinski definition) is 3. The first kappa shape index (κ1) is 30.1. The van der Waals surface area contributed by atoms with Crippen LogP contribution in [0.5, 0.6) is 0 Å². The molecule has 1 N–H and O–H groups in total. The summed E-state index contributed by atoms with van der Waals surface area (Å²) in [7, 11) is 0. The summed E-state index contributed by atoms with van der Waals surface area (Å²) in [5, 5.41) is 10.4. The largest absolute Gasteiger partial charge is 0.481 e. The van der Waals surface area contributed by atoms with Crippen molar-refractivity contribution in [1.82, 2.24) is 4.98 Å². The van der Waals surface area contributed by atoms with Gasteiger partial charge in [0.05, 0.1) is 17.2 Å². The van der Waals surface area contributed by atoms with E-state index in [-0.39, 0.29) is 11.7 Å². The average molecular weight is 516 g/mol. The van der Waals surface area contributed by atoms with Gasteiger partial charge < -0.3 is 5.11 Å². The predicted molar refractivity (Wildman–Crippen MR) is 161 cm³/mol. The molecule has 4 aromatic rings. The van der Waals surface area contributed by atoms with Gasteiger partial charge in [-0.05, 0) is 46.4 Å². The van der Waals surface area contributed by atoms with Crippen LogP contribution in [0.2, 0.25) is 0 Å². The maximum Gasteiger partial charge on any atom is 0.304 e. The molecule has 196 valence electrons. The van der Waals surface area contributed by atoms with Gasteiger partial charge in [0.15, 0.2) is 0 Å². The zero-order valence-electron chi connectivity index (χ0n) is 23.1. The van der Waals surface area contributed by atoms with E-state index in [1.54, 1.807) is 11.8 Å². The second kappa shape index (κ2) is 15.9. The van der Waals surface area contributed by atoms with Crippen molar-refractivity contribution in [2.24, 2.45) is 0 Å². The highest BCUT2D eigenvalue weighted by Crippen LogP contribution is 2.44. The van der Waals surface area contributed by atoms with Crippen molar-refractivity contribution in [2.45, 2.75) is 66.1 Å². The number of para-hydroxylation sites is 1. The van der Waals surface area contributed by atoms with Crippen molar-refractivity contribution in [3.63, 3.8) is 0 Å². The minimum Gasteiger partial charge on any atom is -0.481 e. The monoisotopic (exact) mass is 515 g/mol. The number of benzene rings is 3. The fourth-order valence-electron chi connectivity index (χ4n) is 4.34. The topological polar surface area (TPSA) is 50.2 Å². The van der Waals surface area contributed by atoms with Crippen LogP contribution in [0.1, 0.15) is 86.7 Å². The third-order valence-electron chi connectivity index (χ3n) is 5.85. The van der Waals surface area contributed by atoms with Gasteiger partial charge in [0.1, 0.15) is 0 Å². The SMILES string of the molecule is CC.CC.CC.O=C(O)CCS[C@H]1c2ccccc2Cc2ccc(Cc3ccc4ccccc4n3)cc21. The van der Waals surface area contributed by atoms with Gasteiger partial charge >= 0.3 is 5.97 Å². The quantitative estimate of drug-likeness (QED) is 0.278. The van der Waals surface area contributed by atoms with Crippen molar-refractivity contribution in [1.29, 1.82) is 0 Å². The van der Waals surface area contributed by atoms with Crippen LogP contribution in [0.4, 0.5) is 0 Å². The van der Waals surface area contributed by atoms with Gasteiger partial charge in [-0.1, -0.05) is 108 Å². The summed E-state index contributed by atoms with van der Waals surface area (Å²) < 4.78 is 0. The number of aliphatic carboxylic acids is 1. The highest BCUT2D eigenvalue weighted by Gasteiger charge is 2.26. The molecule has 3 nitrogen and oxygen atoms in total. The normalized spacial score (nSPS) is 12.9. The molecule has 0 amide bonds. The molecule has 0 bridgehead atoms. The van der Waals surface area contributed by atoms with Gasteiger partial charge in [0.2, 0.25) is 0 Å². The summed E-state index contributed by atoms with van der Waals surface area (Å²) in [6.07, 6.45) is 1.89. The number of carboxylic acids is 1. The van der Waals surface area contributed by atoms with Crippen molar-refractivity contribution < 1.29 is 9.90 Å². The van der Waals surface area contributed by atoms with Gasteiger partial charge in [-0.25, -0.2) is 0 Å². The molecule has 0 saturated heterocycles. The summed E-state index contributed by atoms with van der Waals surface area (Å²) in [5.74, 6) is -0.141. The van der Waals surface area contributed by atoms with E-state index in [2.05, 4.69) is 66.7 Å². The number of thioether (sulfide) groups is 1. The molecular formula is C33H41NO2S. The number of aromatic nitrogens is 1. The Morgan fingerprint density at radius 2 is 1.51 bits per heavy atom. The molecule has 1 heterocycles. The average Bonchev–Trinajstić information content (AvgIpc) is 2.96. The van der Waals surface area contributed by atoms with Gasteiger partial charge in [-0.2, -0.15) is 0 Å². The Balaban J connectivity index is 0.000000750. The Hall–Kier alpha value is -3.11. The Labute approximate surface area is 227 Å². The van der Waals surface area contributed by atoms with Crippen LogP contribution in [0.25, 0.3) is 10.9 Å². The second-order valence-corrected chi connectivity index (χ2v) is 9.19. The molecule has 1 aliphatic rings. The van der Waals surface area contributed by atoms with E-state index in [0.29, 0.717) is 5.75 Å². The lowest BCUT2D eigenvalue weighted by Gasteiger charge is -2.28. The lowest BCUT2D eigenvalue weighted by molar-refractivity contribution is -0.136. The molecule has 5 rings (SSSR count).